The van der Waals surface area contributed by atoms with Crippen LogP contribution >= 0.6 is 22.9 Å². The van der Waals surface area contributed by atoms with Crippen molar-refractivity contribution in [3.8, 4) is 23.0 Å². The lowest BCUT2D eigenvalue weighted by Gasteiger charge is -2.25. The Hall–Kier alpha value is -4.54. The van der Waals surface area contributed by atoms with Crippen LogP contribution in [0.25, 0.3) is 6.08 Å². The van der Waals surface area contributed by atoms with Crippen molar-refractivity contribution in [2.45, 2.75) is 47.3 Å². The minimum atomic E-state index is -0.790. The molecule has 5 rings (SSSR count). The van der Waals surface area contributed by atoms with Gasteiger partial charge < -0.3 is 23.7 Å². The number of rotatable bonds is 13. The summed E-state index contributed by atoms with van der Waals surface area (Å²) in [6.45, 7) is 10.9. The average molecular weight is 677 g/mol. The molecule has 1 aliphatic heterocycles. The lowest BCUT2D eigenvalue weighted by atomic mass is 9.95. The third kappa shape index (κ3) is 7.39. The number of allylic oxidation sites excluding steroid dienone is 1. The van der Waals surface area contributed by atoms with E-state index in [1.165, 1.54) is 11.3 Å². The van der Waals surface area contributed by atoms with Crippen LogP contribution in [0, 0.1) is 0 Å². The lowest BCUT2D eigenvalue weighted by molar-refractivity contribution is -0.139. The van der Waals surface area contributed by atoms with E-state index in [0.29, 0.717) is 68.4 Å². The number of carbonyl (C=O) groups excluding carboxylic acids is 1. The number of hydrogen-bond acceptors (Lipinski definition) is 9. The minimum Gasteiger partial charge on any atom is -0.490 e. The summed E-state index contributed by atoms with van der Waals surface area (Å²) in [5.74, 6) is 1.66. The van der Waals surface area contributed by atoms with Crippen LogP contribution in [-0.2, 0) is 16.1 Å². The molecular weight excluding hydrogens is 640 g/mol. The van der Waals surface area contributed by atoms with Gasteiger partial charge in [-0.1, -0.05) is 53.3 Å². The van der Waals surface area contributed by atoms with Gasteiger partial charge in [0, 0.05) is 10.6 Å². The summed E-state index contributed by atoms with van der Waals surface area (Å²) < 4.78 is 31.0. The maximum absolute atomic E-state index is 14.2. The molecule has 9 nitrogen and oxygen atoms in total. The third-order valence-corrected chi connectivity index (χ3v) is 8.66. The molecule has 1 atom stereocenters. The maximum atomic E-state index is 14.2. The number of fused-ring (bicyclic) bond motifs is 1. The molecule has 11 heteroatoms. The molecule has 0 saturated heterocycles. The molecule has 3 aromatic carbocycles. The standard InChI is InChI=1S/C36H37ClN2O7S/c1-6-42-27-17-15-24(20-30(27)44-8-3)33-32(35(41)45-9-4)22(5)38-36-39(33)34(40)31(47-36)19-23-14-16-28(29(18-23)43-7-2)46-21-25-12-10-11-13-26(25)37/h10-20,33H,6-9,21H2,1-5H3/b31-19-/t33-/m1/s1. The predicted octanol–water partition coefficient (Wildman–Crippen LogP) is 6.23. The fraction of sp³-hybridized carbons (Fsp3) is 0.306. The molecule has 4 aromatic rings. The zero-order valence-corrected chi connectivity index (χ0v) is 28.6. The van der Waals surface area contributed by atoms with E-state index in [-0.39, 0.29) is 24.3 Å². The van der Waals surface area contributed by atoms with Crippen molar-refractivity contribution in [2.75, 3.05) is 26.4 Å². The van der Waals surface area contributed by atoms with Crippen LogP contribution < -0.4 is 33.8 Å². The van der Waals surface area contributed by atoms with E-state index < -0.39 is 12.0 Å². The number of nitrogens with zero attached hydrogens (tertiary/aromatic N) is 2. The van der Waals surface area contributed by atoms with Gasteiger partial charge in [-0.25, -0.2) is 9.79 Å². The van der Waals surface area contributed by atoms with Gasteiger partial charge in [-0.3, -0.25) is 9.36 Å². The number of carbonyl (C=O) groups is 1. The van der Waals surface area contributed by atoms with E-state index >= 15 is 0 Å². The highest BCUT2D eigenvalue weighted by molar-refractivity contribution is 7.07. The second-order valence-corrected chi connectivity index (χ2v) is 11.8. The van der Waals surface area contributed by atoms with Crippen LogP contribution in [0.15, 0.2) is 81.7 Å². The van der Waals surface area contributed by atoms with Gasteiger partial charge in [0.1, 0.15) is 6.61 Å². The first kappa shape index (κ1) is 33.8. The van der Waals surface area contributed by atoms with Gasteiger partial charge in [0.15, 0.2) is 27.8 Å². The summed E-state index contributed by atoms with van der Waals surface area (Å²) in [4.78, 5) is 32.7. The van der Waals surface area contributed by atoms with Gasteiger partial charge >= 0.3 is 5.97 Å². The molecule has 0 fully saturated rings. The Morgan fingerprint density at radius 2 is 1.53 bits per heavy atom. The summed E-state index contributed by atoms with van der Waals surface area (Å²) in [7, 11) is 0. The van der Waals surface area contributed by atoms with Gasteiger partial charge in [-0.2, -0.15) is 0 Å². The van der Waals surface area contributed by atoms with Crippen molar-refractivity contribution in [3.05, 3.63) is 113 Å². The molecule has 0 radical (unpaired) electrons. The number of thiazole rings is 1. The summed E-state index contributed by atoms with van der Waals surface area (Å²) in [5.41, 5.74) is 2.73. The normalized spacial score (nSPS) is 14.3. The number of hydrogen-bond donors (Lipinski definition) is 0. The van der Waals surface area contributed by atoms with Crippen molar-refractivity contribution in [2.24, 2.45) is 4.99 Å². The number of esters is 1. The number of benzene rings is 3. The summed E-state index contributed by atoms with van der Waals surface area (Å²) in [6, 6.07) is 17.6. The summed E-state index contributed by atoms with van der Waals surface area (Å²) >= 11 is 7.56. The van der Waals surface area contributed by atoms with E-state index in [1.807, 2.05) is 75.4 Å². The highest BCUT2D eigenvalue weighted by atomic mass is 35.5. The first-order valence-electron chi connectivity index (χ1n) is 15.5. The molecule has 0 N–H and O–H groups in total. The van der Waals surface area contributed by atoms with Crippen LogP contribution in [-0.4, -0.2) is 37.0 Å². The number of halogens is 1. The van der Waals surface area contributed by atoms with Gasteiger partial charge in [0.2, 0.25) is 0 Å². The van der Waals surface area contributed by atoms with E-state index in [0.717, 1.165) is 11.1 Å². The molecule has 0 unspecified atom stereocenters. The molecule has 2 heterocycles. The zero-order valence-electron chi connectivity index (χ0n) is 27.0. The van der Waals surface area contributed by atoms with E-state index in [2.05, 4.69) is 4.99 Å². The fourth-order valence-corrected chi connectivity index (χ4v) is 6.51. The van der Waals surface area contributed by atoms with Crippen LogP contribution in [0.1, 0.15) is 57.4 Å². The highest BCUT2D eigenvalue weighted by Gasteiger charge is 2.34. The molecule has 47 heavy (non-hydrogen) atoms. The topological polar surface area (TPSA) is 97.6 Å². The molecule has 1 aliphatic rings. The maximum Gasteiger partial charge on any atom is 0.338 e. The quantitative estimate of drug-likeness (QED) is 0.155. The average Bonchev–Trinajstić information content (AvgIpc) is 3.35. The third-order valence-electron chi connectivity index (χ3n) is 7.31. The monoisotopic (exact) mass is 676 g/mol. The second-order valence-electron chi connectivity index (χ2n) is 10.4. The molecule has 0 amide bonds. The van der Waals surface area contributed by atoms with Crippen LogP contribution in [0.5, 0.6) is 23.0 Å². The zero-order chi connectivity index (χ0) is 33.5. The van der Waals surface area contributed by atoms with Gasteiger partial charge in [0.25, 0.3) is 5.56 Å². The minimum absolute atomic E-state index is 0.181. The molecule has 0 saturated carbocycles. The van der Waals surface area contributed by atoms with Crippen molar-refractivity contribution in [1.82, 2.24) is 4.57 Å². The Balaban J connectivity index is 1.59. The second kappa shape index (κ2) is 15.4. The first-order chi connectivity index (χ1) is 22.8. The van der Waals surface area contributed by atoms with Gasteiger partial charge in [-0.15, -0.1) is 0 Å². The van der Waals surface area contributed by atoms with Crippen molar-refractivity contribution < 1.29 is 28.5 Å². The van der Waals surface area contributed by atoms with Crippen molar-refractivity contribution in [3.63, 3.8) is 0 Å². The van der Waals surface area contributed by atoms with Crippen molar-refractivity contribution >= 4 is 35.0 Å². The molecule has 0 aliphatic carbocycles. The molecule has 246 valence electrons. The fourth-order valence-electron chi connectivity index (χ4n) is 5.27. The number of aromatic nitrogens is 1. The Morgan fingerprint density at radius 3 is 2.23 bits per heavy atom. The smallest absolute Gasteiger partial charge is 0.338 e. The molecular formula is C36H37ClN2O7S. The van der Waals surface area contributed by atoms with E-state index in [9.17, 15) is 9.59 Å². The predicted molar refractivity (Wildman–Crippen MR) is 183 cm³/mol. The summed E-state index contributed by atoms with van der Waals surface area (Å²) in [5, 5.41) is 0.622. The van der Waals surface area contributed by atoms with E-state index in [4.69, 9.17) is 35.3 Å². The Morgan fingerprint density at radius 1 is 0.872 bits per heavy atom. The lowest BCUT2D eigenvalue weighted by Crippen LogP contribution is -2.40. The van der Waals surface area contributed by atoms with Crippen LogP contribution in [0.2, 0.25) is 5.02 Å². The van der Waals surface area contributed by atoms with Gasteiger partial charge in [-0.05, 0) is 82.2 Å². The molecule has 0 bridgehead atoms. The SMILES string of the molecule is CCOC(=O)C1=C(C)N=c2s/c(=C\c3ccc(OCc4ccccc4Cl)c(OCC)c3)c(=O)n2[C@@H]1c1ccc(OCC)c(OCC)c1. The Kier molecular flexibility index (Phi) is 11.1. The largest absolute Gasteiger partial charge is 0.490 e. The van der Waals surface area contributed by atoms with E-state index in [1.54, 1.807) is 30.6 Å². The molecule has 1 aromatic heterocycles. The Labute approximate surface area is 282 Å². The first-order valence-corrected chi connectivity index (χ1v) is 16.7. The Bertz CT molecular complexity index is 1980. The van der Waals surface area contributed by atoms with Crippen LogP contribution in [0.3, 0.4) is 0 Å². The summed E-state index contributed by atoms with van der Waals surface area (Å²) in [6.07, 6.45) is 1.79. The van der Waals surface area contributed by atoms with Crippen LogP contribution in [0.4, 0.5) is 0 Å². The van der Waals surface area contributed by atoms with Gasteiger partial charge in [0.05, 0.1) is 48.3 Å². The molecule has 0 spiro atoms. The number of ether oxygens (including phenoxy) is 5. The highest BCUT2D eigenvalue weighted by Crippen LogP contribution is 2.36. The van der Waals surface area contributed by atoms with Crippen molar-refractivity contribution in [1.29, 1.82) is 0 Å².